The number of hydrogen-bond acceptors (Lipinski definition) is 3. The fourth-order valence-electron chi connectivity index (χ4n) is 2.80. The summed E-state index contributed by atoms with van der Waals surface area (Å²) in [6.45, 7) is 8.66. The van der Waals surface area contributed by atoms with Crippen molar-refractivity contribution >= 4 is 34.4 Å². The summed E-state index contributed by atoms with van der Waals surface area (Å²) in [4.78, 5) is 27.2. The van der Waals surface area contributed by atoms with Gasteiger partial charge in [-0.05, 0) is 72.2 Å². The van der Waals surface area contributed by atoms with E-state index in [2.05, 4.69) is 27.9 Å². The predicted molar refractivity (Wildman–Crippen MR) is 124 cm³/mol. The Balaban J connectivity index is 2.12. The zero-order chi connectivity index (χ0) is 21.4. The van der Waals surface area contributed by atoms with Crippen molar-refractivity contribution in [3.8, 4) is 5.75 Å². The van der Waals surface area contributed by atoms with Crippen LogP contribution in [0, 0.1) is 16.4 Å². The largest absolute Gasteiger partial charge is 0.484 e. The third kappa shape index (κ3) is 7.68. The van der Waals surface area contributed by atoms with Crippen LogP contribution in [0.15, 0.2) is 48.5 Å². The molecule has 0 aromatic heterocycles. The highest BCUT2D eigenvalue weighted by Crippen LogP contribution is 2.15. The molecule has 0 aliphatic heterocycles. The second kappa shape index (κ2) is 11.2. The summed E-state index contributed by atoms with van der Waals surface area (Å²) in [5.41, 5.74) is 2.10. The highest BCUT2D eigenvalue weighted by molar-refractivity contribution is 14.1. The van der Waals surface area contributed by atoms with Crippen LogP contribution in [0.4, 0.5) is 0 Å². The third-order valence-electron chi connectivity index (χ3n) is 4.46. The molecular weight excluding hydrogens is 479 g/mol. The minimum absolute atomic E-state index is 0.117. The Hall–Kier alpha value is -2.09. The molecule has 0 heterocycles. The van der Waals surface area contributed by atoms with Crippen LogP contribution in [-0.4, -0.2) is 35.9 Å². The average molecular weight is 508 g/mol. The number of amides is 2. The first-order valence-corrected chi connectivity index (χ1v) is 10.8. The lowest BCUT2D eigenvalue weighted by Gasteiger charge is -2.29. The third-order valence-corrected chi connectivity index (χ3v) is 5.18. The number of carbonyl (C=O) groups is 2. The molecule has 2 aromatic carbocycles. The molecule has 6 heteroatoms. The Morgan fingerprint density at radius 2 is 1.79 bits per heavy atom. The Kier molecular flexibility index (Phi) is 8.95. The van der Waals surface area contributed by atoms with Gasteiger partial charge in [-0.25, -0.2) is 0 Å². The van der Waals surface area contributed by atoms with Gasteiger partial charge >= 0.3 is 0 Å². The van der Waals surface area contributed by atoms with Gasteiger partial charge in [0.2, 0.25) is 5.91 Å². The topological polar surface area (TPSA) is 58.6 Å². The SMILES string of the molecule is Cc1cccc(CN(C(=O)COc2ccc(I)cc2)C(C)C(=O)NCC(C)C)c1. The van der Waals surface area contributed by atoms with Crippen LogP contribution in [-0.2, 0) is 16.1 Å². The van der Waals surface area contributed by atoms with E-state index in [0.717, 1.165) is 14.7 Å². The predicted octanol–water partition coefficient (Wildman–Crippen LogP) is 4.17. The maximum absolute atomic E-state index is 13.0. The maximum Gasteiger partial charge on any atom is 0.261 e. The van der Waals surface area contributed by atoms with E-state index in [-0.39, 0.29) is 18.4 Å². The Bertz CT molecular complexity index is 821. The summed E-state index contributed by atoms with van der Waals surface area (Å²) < 4.78 is 6.76. The molecule has 0 aliphatic rings. The van der Waals surface area contributed by atoms with Crippen LogP contribution in [0.5, 0.6) is 5.75 Å². The monoisotopic (exact) mass is 508 g/mol. The number of carbonyl (C=O) groups excluding carboxylic acids is 2. The minimum Gasteiger partial charge on any atom is -0.484 e. The lowest BCUT2D eigenvalue weighted by molar-refractivity contribution is -0.142. The van der Waals surface area contributed by atoms with Crippen LogP contribution in [0.1, 0.15) is 31.9 Å². The molecule has 2 amide bonds. The van der Waals surface area contributed by atoms with Gasteiger partial charge < -0.3 is 15.0 Å². The maximum atomic E-state index is 13.0. The number of aryl methyl sites for hydroxylation is 1. The number of benzene rings is 2. The highest BCUT2D eigenvalue weighted by atomic mass is 127. The van der Waals surface area contributed by atoms with Crippen molar-refractivity contribution in [2.24, 2.45) is 5.92 Å². The zero-order valence-corrected chi connectivity index (χ0v) is 19.6. The van der Waals surface area contributed by atoms with Crippen LogP contribution in [0.2, 0.25) is 0 Å². The number of hydrogen-bond donors (Lipinski definition) is 1. The van der Waals surface area contributed by atoms with Gasteiger partial charge in [-0.15, -0.1) is 0 Å². The van der Waals surface area contributed by atoms with E-state index >= 15 is 0 Å². The number of nitrogens with zero attached hydrogens (tertiary/aromatic N) is 1. The van der Waals surface area contributed by atoms with Crippen molar-refractivity contribution in [3.63, 3.8) is 0 Å². The molecule has 0 radical (unpaired) electrons. The second-order valence-electron chi connectivity index (χ2n) is 7.57. The number of rotatable bonds is 9. The molecule has 5 nitrogen and oxygen atoms in total. The van der Waals surface area contributed by atoms with E-state index in [1.165, 1.54) is 0 Å². The molecule has 2 rings (SSSR count). The Labute approximate surface area is 187 Å². The summed E-state index contributed by atoms with van der Waals surface area (Å²) in [6.07, 6.45) is 0. The lowest BCUT2D eigenvalue weighted by Crippen LogP contribution is -2.49. The number of ether oxygens (including phenoxy) is 1. The summed E-state index contributed by atoms with van der Waals surface area (Å²) in [7, 11) is 0. The summed E-state index contributed by atoms with van der Waals surface area (Å²) in [5, 5.41) is 2.92. The van der Waals surface area contributed by atoms with Crippen LogP contribution in [0.25, 0.3) is 0 Å². The van der Waals surface area contributed by atoms with E-state index in [9.17, 15) is 9.59 Å². The first-order valence-electron chi connectivity index (χ1n) is 9.77. The van der Waals surface area contributed by atoms with Gasteiger partial charge in [0.1, 0.15) is 11.8 Å². The molecule has 1 atom stereocenters. The quantitative estimate of drug-likeness (QED) is 0.518. The molecule has 0 saturated heterocycles. The molecule has 0 aliphatic carbocycles. The molecule has 0 fully saturated rings. The van der Waals surface area contributed by atoms with E-state index in [1.54, 1.807) is 11.8 Å². The normalized spacial score (nSPS) is 11.8. The van der Waals surface area contributed by atoms with Crippen molar-refractivity contribution in [2.75, 3.05) is 13.2 Å². The molecule has 0 saturated carbocycles. The molecule has 29 heavy (non-hydrogen) atoms. The van der Waals surface area contributed by atoms with Gasteiger partial charge in [0, 0.05) is 16.7 Å². The van der Waals surface area contributed by atoms with Gasteiger partial charge in [0.05, 0.1) is 0 Å². The number of nitrogens with one attached hydrogen (secondary N) is 1. The fourth-order valence-corrected chi connectivity index (χ4v) is 3.16. The average Bonchev–Trinajstić information content (AvgIpc) is 2.69. The second-order valence-corrected chi connectivity index (χ2v) is 8.81. The first kappa shape index (κ1) is 23.2. The lowest BCUT2D eigenvalue weighted by atomic mass is 10.1. The van der Waals surface area contributed by atoms with E-state index in [4.69, 9.17) is 4.74 Å². The molecule has 2 aromatic rings. The molecule has 156 valence electrons. The Morgan fingerprint density at radius 1 is 1.10 bits per heavy atom. The first-order chi connectivity index (χ1) is 13.8. The van der Waals surface area contributed by atoms with Crippen molar-refractivity contribution in [1.82, 2.24) is 10.2 Å². The van der Waals surface area contributed by atoms with E-state index in [0.29, 0.717) is 24.8 Å². The van der Waals surface area contributed by atoms with Crippen molar-refractivity contribution < 1.29 is 14.3 Å². The molecular formula is C23H29IN2O3. The van der Waals surface area contributed by atoms with Gasteiger partial charge in [0.15, 0.2) is 6.61 Å². The minimum atomic E-state index is -0.595. The van der Waals surface area contributed by atoms with Gasteiger partial charge in [-0.1, -0.05) is 43.7 Å². The van der Waals surface area contributed by atoms with Gasteiger partial charge in [0.25, 0.3) is 5.91 Å². The van der Waals surface area contributed by atoms with Gasteiger partial charge in [-0.3, -0.25) is 9.59 Å². The summed E-state index contributed by atoms with van der Waals surface area (Å²) in [6, 6.07) is 14.9. The molecule has 1 N–H and O–H groups in total. The number of halogens is 1. The standard InChI is InChI=1S/C23H29IN2O3/c1-16(2)13-25-23(28)18(4)26(14-19-7-5-6-17(3)12-19)22(27)15-29-21-10-8-20(24)9-11-21/h5-12,16,18H,13-15H2,1-4H3,(H,25,28). The van der Waals surface area contributed by atoms with E-state index < -0.39 is 6.04 Å². The van der Waals surface area contributed by atoms with Crippen LogP contribution >= 0.6 is 22.6 Å². The molecule has 0 bridgehead atoms. The van der Waals surface area contributed by atoms with Crippen molar-refractivity contribution in [1.29, 1.82) is 0 Å². The smallest absolute Gasteiger partial charge is 0.261 e. The van der Waals surface area contributed by atoms with Crippen molar-refractivity contribution in [2.45, 2.75) is 40.3 Å². The zero-order valence-electron chi connectivity index (χ0n) is 17.4. The van der Waals surface area contributed by atoms with Crippen molar-refractivity contribution in [3.05, 3.63) is 63.2 Å². The van der Waals surface area contributed by atoms with Crippen LogP contribution in [0.3, 0.4) is 0 Å². The Morgan fingerprint density at radius 3 is 2.41 bits per heavy atom. The molecule has 1 unspecified atom stereocenters. The summed E-state index contributed by atoms with van der Waals surface area (Å²) >= 11 is 2.22. The summed E-state index contributed by atoms with van der Waals surface area (Å²) in [5.74, 6) is 0.591. The highest BCUT2D eigenvalue weighted by Gasteiger charge is 2.26. The van der Waals surface area contributed by atoms with Crippen LogP contribution < -0.4 is 10.1 Å². The molecule has 0 spiro atoms. The van der Waals surface area contributed by atoms with Gasteiger partial charge in [-0.2, -0.15) is 0 Å². The van der Waals surface area contributed by atoms with E-state index in [1.807, 2.05) is 69.3 Å². The fraction of sp³-hybridized carbons (Fsp3) is 0.391.